The molecule has 2 aromatic rings. The van der Waals surface area contributed by atoms with Crippen molar-refractivity contribution in [3.05, 3.63) is 70.8 Å². The molecule has 3 amide bonds. The highest BCUT2D eigenvalue weighted by atomic mass is 32.2. The van der Waals surface area contributed by atoms with E-state index in [1.54, 1.807) is 16.7 Å². The number of benzene rings is 2. The maximum Gasteiger partial charge on any atom is 0.256 e. The highest BCUT2D eigenvalue weighted by molar-refractivity contribution is 8.01. The Morgan fingerprint density at radius 2 is 1.79 bits per heavy atom. The summed E-state index contributed by atoms with van der Waals surface area (Å²) >= 11 is 1.62. The van der Waals surface area contributed by atoms with Gasteiger partial charge >= 0.3 is 0 Å². The Labute approximate surface area is 205 Å². The summed E-state index contributed by atoms with van der Waals surface area (Å²) in [5.74, 6) is -0.666. The van der Waals surface area contributed by atoms with Crippen molar-refractivity contribution in [2.45, 2.75) is 69.8 Å². The van der Waals surface area contributed by atoms with Gasteiger partial charge in [-0.05, 0) is 43.9 Å². The molecule has 0 radical (unpaired) electrons. The molecule has 4 atom stereocenters. The van der Waals surface area contributed by atoms with Gasteiger partial charge in [0.15, 0.2) is 0 Å². The second-order valence-corrected chi connectivity index (χ2v) is 11.6. The monoisotopic (exact) mass is 479 g/mol. The Hall–Kier alpha value is -2.80. The molecule has 6 nitrogen and oxygen atoms in total. The van der Waals surface area contributed by atoms with E-state index in [4.69, 9.17) is 0 Å². The summed E-state index contributed by atoms with van der Waals surface area (Å²) in [6.45, 7) is 10.4. The van der Waals surface area contributed by atoms with Gasteiger partial charge in [-0.2, -0.15) is 0 Å². The third kappa shape index (κ3) is 4.45. The number of carbonyl (C=O) groups excluding carboxylic acids is 3. The highest BCUT2D eigenvalue weighted by Gasteiger charge is 2.57. The summed E-state index contributed by atoms with van der Waals surface area (Å²) in [6.07, 6.45) is 0.739. The summed E-state index contributed by atoms with van der Waals surface area (Å²) in [6, 6.07) is 14.2. The number of thioether (sulfide) groups is 1. The standard InChI is InChI=1S/C27H33N3O3S/c1-6-17(3)21(23(31)28-15-18-13-11-16(2)12-14-18)29-24(32)22-27(4,5)34-26-20-10-8-7-9-19(20)25(33)30(22)26/h7-14,17,21-22,26H,6,15H2,1-5H3,(H,28,31)(H,29,32)/t17-,21+,22+,26-/m1/s1. The number of nitrogens with zero attached hydrogens (tertiary/aromatic N) is 1. The molecular formula is C27H33N3O3S. The van der Waals surface area contributed by atoms with E-state index < -0.39 is 16.8 Å². The van der Waals surface area contributed by atoms with E-state index in [0.29, 0.717) is 12.1 Å². The Kier molecular flexibility index (Phi) is 6.76. The maximum absolute atomic E-state index is 13.6. The zero-order valence-electron chi connectivity index (χ0n) is 20.4. The number of fused-ring (bicyclic) bond motifs is 3. The van der Waals surface area contributed by atoms with Gasteiger partial charge in [0.25, 0.3) is 5.91 Å². The van der Waals surface area contributed by atoms with Crippen LogP contribution in [-0.4, -0.2) is 39.5 Å². The number of hydrogen-bond donors (Lipinski definition) is 2. The van der Waals surface area contributed by atoms with Gasteiger partial charge in [-0.25, -0.2) is 0 Å². The smallest absolute Gasteiger partial charge is 0.256 e. The lowest BCUT2D eigenvalue weighted by Crippen LogP contribution is -2.58. The molecule has 1 fully saturated rings. The largest absolute Gasteiger partial charge is 0.350 e. The molecule has 0 spiro atoms. The number of aryl methyl sites for hydroxylation is 1. The molecule has 2 aliphatic rings. The first-order valence-electron chi connectivity index (χ1n) is 11.9. The minimum atomic E-state index is -0.678. The lowest BCUT2D eigenvalue weighted by Gasteiger charge is -2.32. The van der Waals surface area contributed by atoms with Gasteiger partial charge < -0.3 is 15.5 Å². The molecule has 0 aliphatic carbocycles. The van der Waals surface area contributed by atoms with Crippen molar-refractivity contribution < 1.29 is 14.4 Å². The summed E-state index contributed by atoms with van der Waals surface area (Å²) in [7, 11) is 0. The van der Waals surface area contributed by atoms with Crippen LogP contribution in [0.1, 0.15) is 66.5 Å². The van der Waals surface area contributed by atoms with Crippen LogP contribution in [0, 0.1) is 12.8 Å². The summed E-state index contributed by atoms with van der Waals surface area (Å²) in [5, 5.41) is 5.80. The van der Waals surface area contributed by atoms with Crippen molar-refractivity contribution in [1.29, 1.82) is 0 Å². The van der Waals surface area contributed by atoms with Gasteiger partial charge in [-0.1, -0.05) is 68.3 Å². The van der Waals surface area contributed by atoms with Crippen LogP contribution >= 0.6 is 11.8 Å². The summed E-state index contributed by atoms with van der Waals surface area (Å²) in [5.41, 5.74) is 3.77. The molecule has 2 aliphatic heterocycles. The normalized spacial score (nSPS) is 22.0. The molecule has 34 heavy (non-hydrogen) atoms. The van der Waals surface area contributed by atoms with Crippen molar-refractivity contribution in [1.82, 2.24) is 15.5 Å². The maximum atomic E-state index is 13.6. The Bertz CT molecular complexity index is 1100. The molecule has 1 saturated heterocycles. The van der Waals surface area contributed by atoms with Crippen LogP contribution < -0.4 is 10.6 Å². The average molecular weight is 480 g/mol. The minimum absolute atomic E-state index is 0.0543. The van der Waals surface area contributed by atoms with E-state index in [0.717, 1.165) is 23.1 Å². The first kappa shape index (κ1) is 24.3. The topological polar surface area (TPSA) is 78.5 Å². The third-order valence-electron chi connectivity index (χ3n) is 6.93. The molecule has 0 bridgehead atoms. The quantitative estimate of drug-likeness (QED) is 0.624. The molecule has 180 valence electrons. The molecule has 0 unspecified atom stereocenters. The molecule has 4 rings (SSSR count). The molecular weight excluding hydrogens is 446 g/mol. The SMILES string of the molecule is CC[C@@H](C)[C@H](NC(=O)[C@@H]1N2C(=O)c3ccccc3[C@H]2SC1(C)C)C(=O)NCc1ccc(C)cc1. The first-order chi connectivity index (χ1) is 16.1. The second kappa shape index (κ2) is 9.45. The van der Waals surface area contributed by atoms with Crippen molar-refractivity contribution in [2.24, 2.45) is 5.92 Å². The predicted octanol–water partition coefficient (Wildman–Crippen LogP) is 4.19. The highest BCUT2D eigenvalue weighted by Crippen LogP contribution is 2.56. The van der Waals surface area contributed by atoms with Crippen LogP contribution in [0.3, 0.4) is 0 Å². The van der Waals surface area contributed by atoms with Crippen LogP contribution in [0.4, 0.5) is 0 Å². The average Bonchev–Trinajstić information content (AvgIpc) is 3.25. The van der Waals surface area contributed by atoms with Crippen molar-refractivity contribution in [3.63, 3.8) is 0 Å². The van der Waals surface area contributed by atoms with Crippen molar-refractivity contribution in [2.75, 3.05) is 0 Å². The fourth-order valence-electron chi connectivity index (χ4n) is 4.74. The van der Waals surface area contributed by atoms with Crippen LogP contribution in [-0.2, 0) is 16.1 Å². The van der Waals surface area contributed by atoms with E-state index in [9.17, 15) is 14.4 Å². The van der Waals surface area contributed by atoms with Crippen molar-refractivity contribution in [3.8, 4) is 0 Å². The first-order valence-corrected chi connectivity index (χ1v) is 12.7. The van der Waals surface area contributed by atoms with Crippen LogP contribution in [0.2, 0.25) is 0 Å². The van der Waals surface area contributed by atoms with Gasteiger partial charge in [0.2, 0.25) is 11.8 Å². The van der Waals surface area contributed by atoms with Gasteiger partial charge in [0.05, 0.1) is 0 Å². The van der Waals surface area contributed by atoms with Crippen molar-refractivity contribution >= 4 is 29.5 Å². The Balaban J connectivity index is 1.51. The minimum Gasteiger partial charge on any atom is -0.350 e. The summed E-state index contributed by atoms with van der Waals surface area (Å²) in [4.78, 5) is 41.7. The van der Waals surface area contributed by atoms with Gasteiger partial charge in [-0.3, -0.25) is 14.4 Å². The number of hydrogen-bond acceptors (Lipinski definition) is 4. The van der Waals surface area contributed by atoms with Crippen LogP contribution in [0.25, 0.3) is 0 Å². The van der Waals surface area contributed by atoms with Gasteiger partial charge in [0, 0.05) is 16.9 Å². The summed E-state index contributed by atoms with van der Waals surface area (Å²) < 4.78 is -0.490. The van der Waals surface area contributed by atoms with Crippen LogP contribution in [0.5, 0.6) is 0 Å². The molecule has 2 heterocycles. The van der Waals surface area contributed by atoms with E-state index in [1.165, 1.54) is 0 Å². The number of amides is 3. The molecule has 2 aromatic carbocycles. The lowest BCUT2D eigenvalue weighted by atomic mass is 9.95. The van der Waals surface area contributed by atoms with Crippen LogP contribution in [0.15, 0.2) is 48.5 Å². The molecule has 2 N–H and O–H groups in total. The Morgan fingerprint density at radius 1 is 1.12 bits per heavy atom. The van der Waals surface area contributed by atoms with Gasteiger partial charge in [0.1, 0.15) is 17.5 Å². The molecule has 0 saturated carbocycles. The fraction of sp³-hybridized carbons (Fsp3) is 0.444. The van der Waals surface area contributed by atoms with E-state index >= 15 is 0 Å². The lowest BCUT2D eigenvalue weighted by molar-refractivity contribution is -0.133. The zero-order valence-corrected chi connectivity index (χ0v) is 21.2. The number of carbonyl (C=O) groups is 3. The predicted molar refractivity (Wildman–Crippen MR) is 135 cm³/mol. The zero-order chi connectivity index (χ0) is 24.6. The van der Waals surface area contributed by atoms with E-state index in [1.807, 2.05) is 83.1 Å². The number of nitrogens with one attached hydrogen (secondary N) is 2. The third-order valence-corrected chi connectivity index (χ3v) is 8.46. The van der Waals surface area contributed by atoms with E-state index in [-0.39, 0.29) is 29.0 Å². The Morgan fingerprint density at radius 3 is 2.47 bits per heavy atom. The fourth-order valence-corrected chi connectivity index (χ4v) is 6.33. The second-order valence-electron chi connectivity index (χ2n) is 9.85. The van der Waals surface area contributed by atoms with E-state index in [2.05, 4.69) is 10.6 Å². The molecule has 7 heteroatoms. The molecule has 0 aromatic heterocycles. The number of rotatable bonds is 7. The van der Waals surface area contributed by atoms with Gasteiger partial charge in [-0.15, -0.1) is 11.8 Å².